The van der Waals surface area contributed by atoms with Gasteiger partial charge in [0.2, 0.25) is 18.3 Å². The molecule has 5 aliphatic rings. The van der Waals surface area contributed by atoms with Gasteiger partial charge in [-0.1, -0.05) is 30.8 Å². The van der Waals surface area contributed by atoms with E-state index in [1.807, 2.05) is 29.2 Å². The van der Waals surface area contributed by atoms with Gasteiger partial charge < -0.3 is 19.4 Å². The molecule has 4 heterocycles. The van der Waals surface area contributed by atoms with Crippen molar-refractivity contribution in [2.45, 2.75) is 56.0 Å². The van der Waals surface area contributed by atoms with E-state index in [9.17, 15) is 10.1 Å². The summed E-state index contributed by atoms with van der Waals surface area (Å²) in [4.78, 5) is 27.2. The molecule has 0 bridgehead atoms. The number of anilines is 1. The third-order valence-electron chi connectivity index (χ3n) is 11.3. The smallest absolute Gasteiger partial charge is 0.246 e. The third-order valence-corrected chi connectivity index (χ3v) is 11.3. The van der Waals surface area contributed by atoms with E-state index in [0.717, 1.165) is 57.2 Å². The van der Waals surface area contributed by atoms with E-state index in [0.29, 0.717) is 54.7 Å². The van der Waals surface area contributed by atoms with E-state index in [4.69, 9.17) is 16.3 Å². The Bertz CT molecular complexity index is 1850. The Labute approximate surface area is 268 Å². The molecule has 8 nitrogen and oxygen atoms in total. The van der Waals surface area contributed by atoms with Crippen molar-refractivity contribution in [3.63, 3.8) is 0 Å². The molecule has 1 amide bonds. The lowest BCUT2D eigenvalue weighted by molar-refractivity contribution is -0.128. The van der Waals surface area contributed by atoms with Gasteiger partial charge in [-0.25, -0.2) is 15.9 Å². The molecule has 0 N–H and O–H groups in total. The number of fused-ring (bicyclic) bond motifs is 5. The number of carbonyl (C=O) groups is 1. The Balaban J connectivity index is 1.26. The van der Waals surface area contributed by atoms with Crippen molar-refractivity contribution in [1.29, 1.82) is 5.26 Å². The van der Waals surface area contributed by atoms with Crippen LogP contribution >= 0.6 is 0 Å². The molecule has 4 fully saturated rings. The van der Waals surface area contributed by atoms with Gasteiger partial charge in [-0.05, 0) is 92.3 Å². The second-order valence-electron chi connectivity index (χ2n) is 13.6. The fourth-order valence-corrected chi connectivity index (χ4v) is 8.96. The fraction of sp³-hybridized carbons (Fsp3) is 0.459. The van der Waals surface area contributed by atoms with Crippen molar-refractivity contribution >= 4 is 22.5 Å². The summed E-state index contributed by atoms with van der Waals surface area (Å²) >= 11 is 0. The molecule has 46 heavy (non-hydrogen) atoms. The number of hydrogen-bond donors (Lipinski definition) is 0. The summed E-state index contributed by atoms with van der Waals surface area (Å²) < 4.78 is 23.5. The van der Waals surface area contributed by atoms with Crippen LogP contribution in [0.4, 0.5) is 10.1 Å². The molecule has 1 aromatic heterocycles. The number of nitriles is 1. The number of benzene rings is 2. The zero-order valence-electron chi connectivity index (χ0n) is 26.0. The second-order valence-corrected chi connectivity index (χ2v) is 13.6. The first-order valence-electron chi connectivity index (χ1n) is 16.5. The van der Waals surface area contributed by atoms with Gasteiger partial charge in [-0.15, -0.1) is 0 Å². The topological polar surface area (TPSA) is 77.1 Å². The normalized spacial score (nSPS) is 24.2. The minimum absolute atomic E-state index is 0.0767. The Morgan fingerprint density at radius 3 is 2.78 bits per heavy atom. The second kappa shape index (κ2) is 11.1. The van der Waals surface area contributed by atoms with Crippen LogP contribution < -0.4 is 9.64 Å². The molecule has 1 saturated carbocycles. The first-order valence-corrected chi connectivity index (χ1v) is 16.5. The summed E-state index contributed by atoms with van der Waals surface area (Å²) in [5.41, 5.74) is 4.96. The lowest BCUT2D eigenvalue weighted by Gasteiger charge is -2.40. The highest BCUT2D eigenvalue weighted by Crippen LogP contribution is 2.59. The maximum absolute atomic E-state index is 17.0. The number of aromatic nitrogens is 1. The summed E-state index contributed by atoms with van der Waals surface area (Å²) in [5.74, 6) is 0.686. The predicted octanol–water partition coefficient (Wildman–Crippen LogP) is 5.70. The van der Waals surface area contributed by atoms with E-state index < -0.39 is 11.9 Å². The minimum atomic E-state index is -0.412. The molecule has 9 heteroatoms. The highest BCUT2D eigenvalue weighted by Gasteiger charge is 2.47. The molecule has 0 radical (unpaired) electrons. The largest absolute Gasteiger partial charge is 0.475 e. The predicted molar refractivity (Wildman–Crippen MR) is 174 cm³/mol. The van der Waals surface area contributed by atoms with Crippen LogP contribution in [0.3, 0.4) is 0 Å². The Morgan fingerprint density at radius 1 is 1.20 bits per heavy atom. The highest BCUT2D eigenvalue weighted by atomic mass is 19.1. The van der Waals surface area contributed by atoms with Crippen LogP contribution in [-0.2, 0) is 11.2 Å². The van der Waals surface area contributed by atoms with Crippen molar-refractivity contribution in [2.75, 3.05) is 50.8 Å². The van der Waals surface area contributed by atoms with Gasteiger partial charge in [0.25, 0.3) is 0 Å². The number of piperazine rings is 1. The quantitative estimate of drug-likeness (QED) is 0.250. The molecule has 3 aliphatic heterocycles. The first-order chi connectivity index (χ1) is 22.5. The molecule has 2 aliphatic carbocycles. The summed E-state index contributed by atoms with van der Waals surface area (Å²) in [7, 11) is 0. The summed E-state index contributed by atoms with van der Waals surface area (Å²) in [6.07, 6.45) is 7.79. The molecule has 2 aromatic carbocycles. The maximum atomic E-state index is 17.0. The summed E-state index contributed by atoms with van der Waals surface area (Å²) in [6.45, 7) is 14.9. The highest BCUT2D eigenvalue weighted by molar-refractivity contribution is 5.99. The Kier molecular flexibility index (Phi) is 6.99. The number of halogens is 1. The van der Waals surface area contributed by atoms with E-state index in [-0.39, 0.29) is 35.0 Å². The maximum Gasteiger partial charge on any atom is 0.246 e. The van der Waals surface area contributed by atoms with Crippen LogP contribution in [0.15, 0.2) is 43.0 Å². The van der Waals surface area contributed by atoms with E-state index in [1.54, 1.807) is 4.90 Å². The number of amides is 1. The molecule has 3 saturated heterocycles. The van der Waals surface area contributed by atoms with Crippen molar-refractivity contribution in [1.82, 2.24) is 14.8 Å². The number of ether oxygens (including phenoxy) is 1. The van der Waals surface area contributed by atoms with E-state index >= 15 is 4.39 Å². The van der Waals surface area contributed by atoms with Crippen LogP contribution in [0, 0.1) is 29.6 Å². The van der Waals surface area contributed by atoms with Crippen LogP contribution in [0.1, 0.15) is 54.7 Å². The standard InChI is InChI=1S/C37H37FN6O2/c1-3-31(45)44-16-15-42(21-25(44)20-40-2)35-28-10-9-27(26-8-4-7-23-17-24-18-29(24)32(23)26)33(38)34(28)41-36(30(35)19-39)46-22-37-11-5-13-43(37)14-6-12-37/h3-4,7-10,24-25,29H,1,5-6,11-18,20-22H2/t24?,25-,29?/m0/s1. The SMILES string of the molecule is [C-]#[N+]C[C@H]1CN(c2c(C#N)c(OCC34CCCN3CCC4)nc3c(F)c(-c4cccc5c4C4CC4C5)ccc23)CCN1C(=O)C=C. The Morgan fingerprint density at radius 2 is 2.02 bits per heavy atom. The molecular weight excluding hydrogens is 579 g/mol. The lowest BCUT2D eigenvalue weighted by atomic mass is 9.92. The zero-order chi connectivity index (χ0) is 31.6. The Hall–Kier alpha value is -4.47. The van der Waals surface area contributed by atoms with E-state index in [1.165, 1.54) is 17.2 Å². The van der Waals surface area contributed by atoms with Crippen LogP contribution in [0.5, 0.6) is 5.88 Å². The fourth-order valence-electron chi connectivity index (χ4n) is 8.96. The molecule has 0 spiro atoms. The van der Waals surface area contributed by atoms with Gasteiger partial charge in [0.15, 0.2) is 5.82 Å². The van der Waals surface area contributed by atoms with Gasteiger partial charge in [0.1, 0.15) is 29.8 Å². The van der Waals surface area contributed by atoms with Gasteiger partial charge in [-0.3, -0.25) is 9.69 Å². The average molecular weight is 617 g/mol. The number of hydrogen-bond acceptors (Lipinski definition) is 6. The number of rotatable bonds is 7. The number of carbonyl (C=O) groups excluding carboxylic acids is 1. The zero-order valence-corrected chi connectivity index (χ0v) is 26.0. The average Bonchev–Trinajstić information content (AvgIpc) is 3.35. The molecule has 8 rings (SSSR count). The van der Waals surface area contributed by atoms with Crippen LogP contribution in [0.2, 0.25) is 0 Å². The third kappa shape index (κ3) is 4.47. The molecule has 3 atom stereocenters. The van der Waals surface area contributed by atoms with Crippen molar-refractivity contribution in [2.24, 2.45) is 5.92 Å². The van der Waals surface area contributed by atoms with Crippen molar-refractivity contribution < 1.29 is 13.9 Å². The number of nitrogens with zero attached hydrogens (tertiary/aromatic N) is 6. The summed E-state index contributed by atoms with van der Waals surface area (Å²) in [6, 6.07) is 11.9. The molecular formula is C37H37FN6O2. The van der Waals surface area contributed by atoms with Crippen molar-refractivity contribution in [3.05, 3.63) is 76.9 Å². The summed E-state index contributed by atoms with van der Waals surface area (Å²) in [5, 5.41) is 11.2. The van der Waals surface area contributed by atoms with Gasteiger partial charge >= 0.3 is 0 Å². The van der Waals surface area contributed by atoms with Gasteiger partial charge in [-0.2, -0.15) is 5.26 Å². The van der Waals surface area contributed by atoms with Crippen LogP contribution in [0.25, 0.3) is 26.9 Å². The van der Waals surface area contributed by atoms with Crippen LogP contribution in [-0.4, -0.2) is 78.1 Å². The number of pyridine rings is 1. The van der Waals surface area contributed by atoms with Gasteiger partial charge in [0, 0.05) is 30.6 Å². The monoisotopic (exact) mass is 616 g/mol. The van der Waals surface area contributed by atoms with Crippen molar-refractivity contribution in [3.8, 4) is 23.1 Å². The van der Waals surface area contributed by atoms with E-state index in [2.05, 4.69) is 28.5 Å². The first kappa shape index (κ1) is 29.0. The molecule has 2 unspecified atom stereocenters. The molecule has 234 valence electrons. The minimum Gasteiger partial charge on any atom is -0.475 e. The van der Waals surface area contributed by atoms with Gasteiger partial charge in [0.05, 0.1) is 11.2 Å². The molecule has 3 aromatic rings. The lowest BCUT2D eigenvalue weighted by Crippen LogP contribution is -2.56.